The van der Waals surface area contributed by atoms with Crippen LogP contribution < -0.4 is 5.32 Å². The number of benzene rings is 1. The van der Waals surface area contributed by atoms with E-state index in [1.165, 1.54) is 30.0 Å². The highest BCUT2D eigenvalue weighted by Gasteiger charge is 2.11. The van der Waals surface area contributed by atoms with Crippen LogP contribution in [-0.2, 0) is 11.3 Å². The number of unbranched alkanes of at least 4 members (excludes halogenated alkanes) is 2. The number of anilines is 1. The molecule has 0 radical (unpaired) electrons. The average molecular weight is 357 g/mol. The predicted octanol–water partition coefficient (Wildman–Crippen LogP) is 3.99. The summed E-state index contributed by atoms with van der Waals surface area (Å²) in [6.45, 7) is 2.97. The lowest BCUT2D eigenvalue weighted by molar-refractivity contribution is -0.113. The second-order valence-electron chi connectivity index (χ2n) is 4.98. The molecular formula is C15H18ClFN4OS. The van der Waals surface area contributed by atoms with Crippen molar-refractivity contribution in [1.82, 2.24) is 14.8 Å². The lowest BCUT2D eigenvalue weighted by Gasteiger charge is -2.07. The lowest BCUT2D eigenvalue weighted by Crippen LogP contribution is -2.15. The molecule has 1 amide bonds. The minimum Gasteiger partial charge on any atom is -0.323 e. The third kappa shape index (κ3) is 5.51. The van der Waals surface area contributed by atoms with E-state index in [1.807, 2.05) is 4.57 Å². The fourth-order valence-electron chi connectivity index (χ4n) is 1.95. The molecule has 23 heavy (non-hydrogen) atoms. The third-order valence-electron chi connectivity index (χ3n) is 3.12. The highest BCUT2D eigenvalue weighted by molar-refractivity contribution is 7.99. The first-order valence-electron chi connectivity index (χ1n) is 7.35. The van der Waals surface area contributed by atoms with Crippen molar-refractivity contribution in [1.29, 1.82) is 0 Å². The number of hydrogen-bond acceptors (Lipinski definition) is 4. The molecule has 0 aliphatic heterocycles. The standard InChI is InChI=1S/C15H18ClFN4OS/c1-2-3-4-7-21-10-18-20-15(21)23-9-14(22)19-13-8-11(16)5-6-12(13)17/h5-6,8,10H,2-4,7,9H2,1H3,(H,19,22). The van der Waals surface area contributed by atoms with Crippen LogP contribution in [0.4, 0.5) is 10.1 Å². The first-order valence-corrected chi connectivity index (χ1v) is 8.72. The summed E-state index contributed by atoms with van der Waals surface area (Å²) in [6, 6.07) is 4.03. The molecule has 124 valence electrons. The second kappa shape index (κ2) is 8.88. The van der Waals surface area contributed by atoms with Crippen molar-refractivity contribution in [3.05, 3.63) is 35.4 Å². The van der Waals surface area contributed by atoms with Crippen molar-refractivity contribution in [2.24, 2.45) is 0 Å². The summed E-state index contributed by atoms with van der Waals surface area (Å²) < 4.78 is 15.5. The van der Waals surface area contributed by atoms with Gasteiger partial charge in [-0.3, -0.25) is 4.79 Å². The van der Waals surface area contributed by atoms with Crippen LogP contribution in [-0.4, -0.2) is 26.4 Å². The van der Waals surface area contributed by atoms with Crippen LogP contribution in [0.25, 0.3) is 0 Å². The minimum atomic E-state index is -0.518. The van der Waals surface area contributed by atoms with E-state index < -0.39 is 5.82 Å². The van der Waals surface area contributed by atoms with E-state index in [9.17, 15) is 9.18 Å². The molecule has 1 aromatic carbocycles. The summed E-state index contributed by atoms with van der Waals surface area (Å²) in [5.74, 6) is -0.715. The predicted molar refractivity (Wildman–Crippen MR) is 90.3 cm³/mol. The van der Waals surface area contributed by atoms with E-state index in [1.54, 1.807) is 6.33 Å². The van der Waals surface area contributed by atoms with Gasteiger partial charge in [-0.05, 0) is 24.6 Å². The van der Waals surface area contributed by atoms with Crippen molar-refractivity contribution in [3.8, 4) is 0 Å². The Morgan fingerprint density at radius 2 is 2.26 bits per heavy atom. The largest absolute Gasteiger partial charge is 0.323 e. The summed E-state index contributed by atoms with van der Waals surface area (Å²) in [5.41, 5.74) is 0.0764. The first-order chi connectivity index (χ1) is 11.1. The zero-order valence-corrected chi connectivity index (χ0v) is 14.3. The molecule has 0 fully saturated rings. The molecule has 0 saturated heterocycles. The first kappa shape index (κ1) is 17.7. The van der Waals surface area contributed by atoms with Gasteiger partial charge in [-0.2, -0.15) is 0 Å². The summed E-state index contributed by atoms with van der Waals surface area (Å²) >= 11 is 7.07. The molecular weight excluding hydrogens is 339 g/mol. The van der Waals surface area contributed by atoms with E-state index >= 15 is 0 Å². The number of nitrogens with zero attached hydrogens (tertiary/aromatic N) is 3. The number of aryl methyl sites for hydroxylation is 1. The molecule has 0 spiro atoms. The fraction of sp³-hybridized carbons (Fsp3) is 0.400. The van der Waals surface area contributed by atoms with Gasteiger partial charge in [-0.25, -0.2) is 4.39 Å². The smallest absolute Gasteiger partial charge is 0.234 e. The maximum atomic E-state index is 13.6. The van der Waals surface area contributed by atoms with Gasteiger partial charge in [-0.1, -0.05) is 43.1 Å². The zero-order valence-electron chi connectivity index (χ0n) is 12.8. The molecule has 1 heterocycles. The van der Waals surface area contributed by atoms with Crippen molar-refractivity contribution in [2.75, 3.05) is 11.1 Å². The Bertz CT molecular complexity index is 665. The summed E-state index contributed by atoms with van der Waals surface area (Å²) in [6.07, 6.45) is 4.98. The fourth-order valence-corrected chi connectivity index (χ4v) is 2.86. The molecule has 0 aliphatic rings. The van der Waals surface area contributed by atoms with Gasteiger partial charge in [0.15, 0.2) is 5.16 Å². The number of hydrogen-bond donors (Lipinski definition) is 1. The van der Waals surface area contributed by atoms with Crippen LogP contribution in [0.5, 0.6) is 0 Å². The topological polar surface area (TPSA) is 59.8 Å². The van der Waals surface area contributed by atoms with Gasteiger partial charge in [0, 0.05) is 11.6 Å². The number of thioether (sulfide) groups is 1. The van der Waals surface area contributed by atoms with Crippen molar-refractivity contribution >= 4 is 35.0 Å². The average Bonchev–Trinajstić information content (AvgIpc) is 2.97. The number of carbonyl (C=O) groups excluding carboxylic acids is 1. The number of carbonyl (C=O) groups is 1. The quantitative estimate of drug-likeness (QED) is 0.574. The highest BCUT2D eigenvalue weighted by atomic mass is 35.5. The molecule has 2 aromatic rings. The number of rotatable bonds is 8. The van der Waals surface area contributed by atoms with Gasteiger partial charge < -0.3 is 9.88 Å². The van der Waals surface area contributed by atoms with Gasteiger partial charge in [0.1, 0.15) is 12.1 Å². The van der Waals surface area contributed by atoms with Gasteiger partial charge in [0.05, 0.1) is 11.4 Å². The molecule has 0 unspecified atom stereocenters. The van der Waals surface area contributed by atoms with Crippen LogP contribution in [0.15, 0.2) is 29.7 Å². The van der Waals surface area contributed by atoms with Gasteiger partial charge in [-0.15, -0.1) is 10.2 Å². The Morgan fingerprint density at radius 1 is 1.43 bits per heavy atom. The lowest BCUT2D eigenvalue weighted by atomic mass is 10.2. The van der Waals surface area contributed by atoms with Gasteiger partial charge in [0.25, 0.3) is 0 Å². The third-order valence-corrected chi connectivity index (χ3v) is 4.33. The van der Waals surface area contributed by atoms with Crippen molar-refractivity contribution in [3.63, 3.8) is 0 Å². The molecule has 0 atom stereocenters. The van der Waals surface area contributed by atoms with Crippen LogP contribution in [0, 0.1) is 5.82 Å². The van der Waals surface area contributed by atoms with Crippen molar-refractivity contribution in [2.45, 2.75) is 37.9 Å². The molecule has 1 N–H and O–H groups in total. The van der Waals surface area contributed by atoms with Gasteiger partial charge in [0.2, 0.25) is 5.91 Å². The maximum Gasteiger partial charge on any atom is 0.234 e. The zero-order chi connectivity index (χ0) is 16.7. The molecule has 0 bridgehead atoms. The van der Waals surface area contributed by atoms with Crippen molar-refractivity contribution < 1.29 is 9.18 Å². The Hall–Kier alpha value is -1.60. The van der Waals surface area contributed by atoms with Crippen LogP contribution >= 0.6 is 23.4 Å². The SMILES string of the molecule is CCCCCn1cnnc1SCC(=O)Nc1cc(Cl)ccc1F. The van der Waals surface area contributed by atoms with E-state index in [0.717, 1.165) is 25.8 Å². The second-order valence-corrected chi connectivity index (χ2v) is 6.35. The van der Waals surface area contributed by atoms with E-state index in [4.69, 9.17) is 11.6 Å². The van der Waals surface area contributed by atoms with Crippen LogP contribution in [0.1, 0.15) is 26.2 Å². The number of aromatic nitrogens is 3. The molecule has 8 heteroatoms. The van der Waals surface area contributed by atoms with E-state index in [-0.39, 0.29) is 17.3 Å². The van der Waals surface area contributed by atoms with E-state index in [0.29, 0.717) is 10.2 Å². The Morgan fingerprint density at radius 3 is 3.04 bits per heavy atom. The minimum absolute atomic E-state index is 0.0764. The monoisotopic (exact) mass is 356 g/mol. The Kier molecular flexibility index (Phi) is 6.85. The Balaban J connectivity index is 1.87. The maximum absolute atomic E-state index is 13.6. The number of amides is 1. The van der Waals surface area contributed by atoms with Crippen LogP contribution in [0.3, 0.4) is 0 Å². The van der Waals surface area contributed by atoms with Crippen LogP contribution in [0.2, 0.25) is 5.02 Å². The summed E-state index contributed by atoms with van der Waals surface area (Å²) in [7, 11) is 0. The summed E-state index contributed by atoms with van der Waals surface area (Å²) in [5, 5.41) is 11.4. The number of nitrogens with one attached hydrogen (secondary N) is 1. The molecule has 2 rings (SSSR count). The molecule has 0 saturated carbocycles. The van der Waals surface area contributed by atoms with Gasteiger partial charge >= 0.3 is 0 Å². The highest BCUT2D eigenvalue weighted by Crippen LogP contribution is 2.21. The summed E-state index contributed by atoms with van der Waals surface area (Å²) in [4.78, 5) is 11.9. The molecule has 5 nitrogen and oxygen atoms in total. The molecule has 0 aliphatic carbocycles. The Labute approximate surface area is 143 Å². The molecule has 1 aromatic heterocycles. The normalized spacial score (nSPS) is 10.7. The van der Waals surface area contributed by atoms with E-state index in [2.05, 4.69) is 22.4 Å². The number of halogens is 2.